The normalized spacial score (nSPS) is 10.9. The molecule has 0 bridgehead atoms. The topological polar surface area (TPSA) is 86.8 Å². The second-order valence-electron chi connectivity index (χ2n) is 3.72. The molecule has 0 amide bonds. The van der Waals surface area contributed by atoms with Gasteiger partial charge >= 0.3 is 0 Å². The molecule has 0 fully saturated rings. The molecule has 1 aromatic carbocycles. The number of rotatable bonds is 7. The van der Waals surface area contributed by atoms with Crippen molar-refractivity contribution in [3.05, 3.63) is 39.7 Å². The molecule has 2 N–H and O–H groups in total. The third kappa shape index (κ3) is 3.73. The molecule has 0 atom stereocenters. The Kier molecular flexibility index (Phi) is 5.63. The Morgan fingerprint density at radius 1 is 1.28 bits per heavy atom. The monoisotopic (exact) mass is 258 g/mol. The Hall–Kier alpha value is -1.57. The fourth-order valence-electron chi connectivity index (χ4n) is 1.65. The summed E-state index contributed by atoms with van der Waals surface area (Å²) in [5, 5.41) is 28.5. The van der Waals surface area contributed by atoms with Gasteiger partial charge in [0.15, 0.2) is 0 Å². The summed E-state index contributed by atoms with van der Waals surface area (Å²) in [4.78, 5) is 11.7. The molecular weight excluding hydrogens is 243 g/mol. The molecule has 18 heavy (non-hydrogen) atoms. The van der Waals surface area contributed by atoms with E-state index in [1.165, 1.54) is 12.1 Å². The lowest BCUT2D eigenvalue weighted by Crippen LogP contribution is -2.30. The SMILES string of the molecule is O=[N+]([O-])c1cccc(F)c1CN(CCO)CCO. The molecule has 0 unspecified atom stereocenters. The van der Waals surface area contributed by atoms with Gasteiger partial charge in [0.05, 0.1) is 23.7 Å². The molecular formula is C11H15FN2O4. The zero-order valence-corrected chi connectivity index (χ0v) is 9.75. The van der Waals surface area contributed by atoms with Crippen molar-refractivity contribution >= 4 is 5.69 Å². The molecule has 0 saturated heterocycles. The van der Waals surface area contributed by atoms with Crippen LogP contribution in [-0.4, -0.2) is 46.3 Å². The van der Waals surface area contributed by atoms with E-state index in [9.17, 15) is 14.5 Å². The van der Waals surface area contributed by atoms with Gasteiger partial charge in [-0.05, 0) is 6.07 Å². The standard InChI is InChI=1S/C11H15FN2O4/c12-10-2-1-3-11(14(17)18)9(10)8-13(4-6-15)5-7-16/h1-3,15-16H,4-8H2. The molecule has 7 heteroatoms. The molecule has 0 radical (unpaired) electrons. The minimum absolute atomic E-state index is 0.0237. The van der Waals surface area contributed by atoms with Crippen molar-refractivity contribution in [1.29, 1.82) is 0 Å². The fraction of sp³-hybridized carbons (Fsp3) is 0.455. The van der Waals surface area contributed by atoms with Gasteiger partial charge in [-0.1, -0.05) is 6.07 Å². The van der Waals surface area contributed by atoms with Gasteiger partial charge in [0.1, 0.15) is 5.82 Å². The second kappa shape index (κ2) is 7.00. The van der Waals surface area contributed by atoms with Crippen LogP contribution in [0.15, 0.2) is 18.2 Å². The van der Waals surface area contributed by atoms with Gasteiger partial charge in [0, 0.05) is 25.7 Å². The highest BCUT2D eigenvalue weighted by atomic mass is 19.1. The van der Waals surface area contributed by atoms with Crippen LogP contribution in [0.25, 0.3) is 0 Å². The van der Waals surface area contributed by atoms with E-state index in [4.69, 9.17) is 10.2 Å². The number of nitro groups is 1. The number of hydrogen-bond donors (Lipinski definition) is 2. The lowest BCUT2D eigenvalue weighted by molar-refractivity contribution is -0.386. The van der Waals surface area contributed by atoms with E-state index in [0.717, 1.165) is 6.07 Å². The van der Waals surface area contributed by atoms with Crippen LogP contribution < -0.4 is 0 Å². The van der Waals surface area contributed by atoms with Crippen LogP contribution in [0.1, 0.15) is 5.56 Å². The Bertz CT molecular complexity index is 408. The first-order valence-electron chi connectivity index (χ1n) is 5.46. The van der Waals surface area contributed by atoms with Crippen molar-refractivity contribution in [2.24, 2.45) is 0 Å². The molecule has 1 rings (SSSR count). The van der Waals surface area contributed by atoms with Gasteiger partial charge in [-0.25, -0.2) is 4.39 Å². The highest BCUT2D eigenvalue weighted by Gasteiger charge is 2.19. The number of hydrogen-bond acceptors (Lipinski definition) is 5. The van der Waals surface area contributed by atoms with Crippen molar-refractivity contribution in [3.8, 4) is 0 Å². The maximum absolute atomic E-state index is 13.6. The van der Waals surface area contributed by atoms with Crippen LogP contribution in [0.3, 0.4) is 0 Å². The third-order valence-corrected chi connectivity index (χ3v) is 2.51. The largest absolute Gasteiger partial charge is 0.395 e. The summed E-state index contributed by atoms with van der Waals surface area (Å²) in [6, 6.07) is 3.66. The highest BCUT2D eigenvalue weighted by molar-refractivity contribution is 5.40. The van der Waals surface area contributed by atoms with Crippen LogP contribution in [0.5, 0.6) is 0 Å². The minimum atomic E-state index is -0.662. The van der Waals surface area contributed by atoms with Crippen LogP contribution in [0.4, 0.5) is 10.1 Å². The maximum atomic E-state index is 13.6. The molecule has 0 aliphatic carbocycles. The number of aliphatic hydroxyl groups is 2. The van der Waals surface area contributed by atoms with E-state index >= 15 is 0 Å². The molecule has 0 saturated carbocycles. The molecule has 0 heterocycles. The lowest BCUT2D eigenvalue weighted by Gasteiger charge is -2.20. The van der Waals surface area contributed by atoms with Crippen LogP contribution in [-0.2, 0) is 6.54 Å². The van der Waals surface area contributed by atoms with Crippen molar-refractivity contribution in [2.75, 3.05) is 26.3 Å². The van der Waals surface area contributed by atoms with Gasteiger partial charge in [-0.3, -0.25) is 15.0 Å². The molecule has 6 nitrogen and oxygen atoms in total. The van der Waals surface area contributed by atoms with Crippen LogP contribution >= 0.6 is 0 Å². The van der Waals surface area contributed by atoms with E-state index in [0.29, 0.717) is 0 Å². The molecule has 0 spiro atoms. The predicted octanol–water partition coefficient (Wildman–Crippen LogP) is 0.520. The minimum Gasteiger partial charge on any atom is -0.395 e. The maximum Gasteiger partial charge on any atom is 0.276 e. The lowest BCUT2D eigenvalue weighted by atomic mass is 10.1. The first-order chi connectivity index (χ1) is 8.60. The number of halogens is 1. The van der Waals surface area contributed by atoms with Crippen molar-refractivity contribution in [1.82, 2.24) is 4.90 Å². The highest BCUT2D eigenvalue weighted by Crippen LogP contribution is 2.22. The van der Waals surface area contributed by atoms with E-state index in [1.807, 2.05) is 0 Å². The molecule has 0 aliphatic heterocycles. The Balaban J connectivity index is 2.96. The van der Waals surface area contributed by atoms with E-state index < -0.39 is 10.7 Å². The van der Waals surface area contributed by atoms with Gasteiger partial charge in [-0.2, -0.15) is 0 Å². The van der Waals surface area contributed by atoms with E-state index in [1.54, 1.807) is 4.90 Å². The number of benzene rings is 1. The first-order valence-corrected chi connectivity index (χ1v) is 5.46. The van der Waals surface area contributed by atoms with Crippen LogP contribution in [0, 0.1) is 15.9 Å². The molecule has 0 aliphatic rings. The summed E-state index contributed by atoms with van der Waals surface area (Å²) >= 11 is 0. The smallest absolute Gasteiger partial charge is 0.276 e. The van der Waals surface area contributed by atoms with Gasteiger partial charge < -0.3 is 10.2 Å². The van der Waals surface area contributed by atoms with Gasteiger partial charge in [0.25, 0.3) is 5.69 Å². The van der Waals surface area contributed by atoms with Crippen molar-refractivity contribution in [2.45, 2.75) is 6.54 Å². The van der Waals surface area contributed by atoms with E-state index in [-0.39, 0.29) is 44.1 Å². The second-order valence-corrected chi connectivity index (χ2v) is 3.72. The van der Waals surface area contributed by atoms with Crippen LogP contribution in [0.2, 0.25) is 0 Å². The number of nitro benzene ring substituents is 1. The Labute approximate surface area is 103 Å². The summed E-state index contributed by atoms with van der Waals surface area (Å²) in [5.74, 6) is -0.662. The summed E-state index contributed by atoms with van der Waals surface area (Å²) in [5.41, 5.74) is -0.333. The van der Waals surface area contributed by atoms with Crippen molar-refractivity contribution in [3.63, 3.8) is 0 Å². The zero-order chi connectivity index (χ0) is 13.5. The average molecular weight is 258 g/mol. The summed E-state index contributed by atoms with van der Waals surface area (Å²) < 4.78 is 13.6. The summed E-state index contributed by atoms with van der Waals surface area (Å²) in [6.07, 6.45) is 0. The zero-order valence-electron chi connectivity index (χ0n) is 9.75. The summed E-state index contributed by atoms with van der Waals surface area (Å²) in [6.45, 7) is 0.0761. The van der Waals surface area contributed by atoms with E-state index in [2.05, 4.69) is 0 Å². The number of aliphatic hydroxyl groups excluding tert-OH is 2. The predicted molar refractivity (Wildman–Crippen MR) is 62.5 cm³/mol. The van der Waals surface area contributed by atoms with Gasteiger partial charge in [0.2, 0.25) is 0 Å². The third-order valence-electron chi connectivity index (χ3n) is 2.51. The molecule has 0 aromatic heterocycles. The van der Waals surface area contributed by atoms with Gasteiger partial charge in [-0.15, -0.1) is 0 Å². The fourth-order valence-corrected chi connectivity index (χ4v) is 1.65. The first kappa shape index (κ1) is 14.5. The average Bonchev–Trinajstić information content (AvgIpc) is 2.32. The molecule has 1 aromatic rings. The Morgan fingerprint density at radius 2 is 1.89 bits per heavy atom. The quantitative estimate of drug-likeness (QED) is 0.550. The number of nitrogens with zero attached hydrogens (tertiary/aromatic N) is 2. The van der Waals surface area contributed by atoms with Crippen molar-refractivity contribution < 1.29 is 19.5 Å². The molecule has 100 valence electrons. The summed E-state index contributed by atoms with van der Waals surface area (Å²) in [7, 11) is 0. The Morgan fingerprint density at radius 3 is 2.39 bits per heavy atom.